The van der Waals surface area contributed by atoms with Crippen LogP contribution in [-0.2, 0) is 10.0 Å². The summed E-state index contributed by atoms with van der Waals surface area (Å²) in [6.07, 6.45) is 2.26. The lowest BCUT2D eigenvalue weighted by molar-refractivity contribution is -0.0522. The molecule has 2 fully saturated rings. The number of halogens is 4. The Labute approximate surface area is 144 Å². The van der Waals surface area contributed by atoms with E-state index in [1.807, 2.05) is 0 Å². The largest absolute Gasteiger partial charge is 0.432 e. The average Bonchev–Trinajstić information content (AvgIpc) is 3.14. The Morgan fingerprint density at radius 3 is 2.42 bits per heavy atom. The number of hydrogen-bond acceptors (Lipinski definition) is 4. The van der Waals surface area contributed by atoms with E-state index in [2.05, 4.69) is 10.1 Å². The van der Waals surface area contributed by atoms with Crippen LogP contribution in [0.15, 0.2) is 23.1 Å². The molecule has 0 aromatic heterocycles. The van der Waals surface area contributed by atoms with Crippen LogP contribution < -0.4 is 10.1 Å². The molecule has 1 aliphatic carbocycles. The molecule has 0 amide bonds. The number of nitrogens with one attached hydrogen (secondary N) is 1. The van der Waals surface area contributed by atoms with Gasteiger partial charge in [0.2, 0.25) is 10.0 Å². The van der Waals surface area contributed by atoms with Crippen LogP contribution in [0, 0.1) is 5.82 Å². The summed E-state index contributed by atoms with van der Waals surface area (Å²) >= 11 is 0. The zero-order valence-corrected chi connectivity index (χ0v) is 14.3. The normalized spacial score (nSPS) is 21.1. The van der Waals surface area contributed by atoms with Gasteiger partial charge in [-0.15, -0.1) is 12.4 Å². The molecular weight excluding hydrogens is 369 g/mol. The molecule has 1 saturated heterocycles. The molecule has 10 heteroatoms. The van der Waals surface area contributed by atoms with Gasteiger partial charge >= 0.3 is 6.61 Å². The smallest absolute Gasteiger partial charge is 0.387 e. The van der Waals surface area contributed by atoms with Gasteiger partial charge in [0.1, 0.15) is 0 Å². The Morgan fingerprint density at radius 1 is 1.21 bits per heavy atom. The number of nitrogens with zero attached hydrogens (tertiary/aromatic N) is 1. The molecule has 136 valence electrons. The van der Waals surface area contributed by atoms with Crippen LogP contribution in [0.5, 0.6) is 5.75 Å². The molecule has 1 aliphatic heterocycles. The van der Waals surface area contributed by atoms with E-state index in [0.29, 0.717) is 13.0 Å². The van der Waals surface area contributed by atoms with Gasteiger partial charge < -0.3 is 10.1 Å². The van der Waals surface area contributed by atoms with E-state index in [0.717, 1.165) is 37.6 Å². The van der Waals surface area contributed by atoms with Gasteiger partial charge in [-0.05, 0) is 44.0 Å². The van der Waals surface area contributed by atoms with Crippen molar-refractivity contribution in [2.45, 2.75) is 42.9 Å². The predicted octanol–water partition coefficient (Wildman–Crippen LogP) is 2.36. The summed E-state index contributed by atoms with van der Waals surface area (Å²) in [5.74, 6) is -1.79. The first-order chi connectivity index (χ1) is 10.9. The van der Waals surface area contributed by atoms with Crippen molar-refractivity contribution in [3.8, 4) is 5.75 Å². The number of rotatable bonds is 6. The molecule has 3 rings (SSSR count). The van der Waals surface area contributed by atoms with Crippen molar-refractivity contribution >= 4 is 22.4 Å². The third-order valence-corrected chi connectivity index (χ3v) is 6.00. The van der Waals surface area contributed by atoms with Crippen molar-refractivity contribution in [1.29, 1.82) is 0 Å². The van der Waals surface area contributed by atoms with Crippen LogP contribution in [0.3, 0.4) is 0 Å². The maximum atomic E-state index is 13.8. The number of alkyl halides is 2. The summed E-state index contributed by atoms with van der Waals surface area (Å²) in [5, 5.41) is 3.12. The second-order valence-electron chi connectivity index (χ2n) is 5.68. The summed E-state index contributed by atoms with van der Waals surface area (Å²) < 4.78 is 69.3. The quantitative estimate of drug-likeness (QED) is 0.815. The van der Waals surface area contributed by atoms with Crippen LogP contribution in [-0.4, -0.2) is 44.5 Å². The minimum Gasteiger partial charge on any atom is -0.432 e. The van der Waals surface area contributed by atoms with E-state index >= 15 is 0 Å². The van der Waals surface area contributed by atoms with Crippen LogP contribution in [0.4, 0.5) is 13.2 Å². The fourth-order valence-electron chi connectivity index (χ4n) is 2.83. The predicted molar refractivity (Wildman–Crippen MR) is 83.6 cm³/mol. The minimum atomic E-state index is -3.88. The number of sulfonamides is 1. The summed E-state index contributed by atoms with van der Waals surface area (Å²) in [4.78, 5) is -0.240. The molecule has 1 unspecified atom stereocenters. The van der Waals surface area contributed by atoms with E-state index in [1.165, 1.54) is 4.31 Å². The SMILES string of the molecule is Cl.O=S(=O)(c1ccc(OC(F)F)c(F)c1)N(C1CC1)C1CCNC1. The topological polar surface area (TPSA) is 58.6 Å². The Hall–Kier alpha value is -1.03. The van der Waals surface area contributed by atoms with Gasteiger partial charge in [0, 0.05) is 18.6 Å². The van der Waals surface area contributed by atoms with Gasteiger partial charge in [-0.1, -0.05) is 0 Å². The van der Waals surface area contributed by atoms with Crippen molar-refractivity contribution in [3.05, 3.63) is 24.0 Å². The summed E-state index contributed by atoms with van der Waals surface area (Å²) in [6.45, 7) is -1.87. The van der Waals surface area contributed by atoms with Crippen molar-refractivity contribution in [1.82, 2.24) is 9.62 Å². The van der Waals surface area contributed by atoms with Gasteiger partial charge in [-0.25, -0.2) is 12.8 Å². The summed E-state index contributed by atoms with van der Waals surface area (Å²) in [5.41, 5.74) is 0. The first kappa shape index (κ1) is 19.3. The molecule has 1 atom stereocenters. The first-order valence-corrected chi connectivity index (χ1v) is 8.82. The maximum absolute atomic E-state index is 13.8. The number of benzene rings is 1. The van der Waals surface area contributed by atoms with Crippen LogP contribution in [0.2, 0.25) is 0 Å². The Bertz CT molecular complexity index is 680. The lowest BCUT2D eigenvalue weighted by Crippen LogP contribution is -2.43. The third kappa shape index (κ3) is 3.96. The summed E-state index contributed by atoms with van der Waals surface area (Å²) in [6, 6.07) is 2.54. The van der Waals surface area contributed by atoms with Crippen molar-refractivity contribution < 1.29 is 26.3 Å². The molecule has 5 nitrogen and oxygen atoms in total. The first-order valence-electron chi connectivity index (χ1n) is 7.38. The van der Waals surface area contributed by atoms with Crippen LogP contribution in [0.1, 0.15) is 19.3 Å². The molecule has 2 aliphatic rings. The maximum Gasteiger partial charge on any atom is 0.387 e. The molecule has 1 heterocycles. The highest BCUT2D eigenvalue weighted by Crippen LogP contribution is 2.36. The van der Waals surface area contributed by atoms with E-state index in [4.69, 9.17) is 0 Å². The fourth-order valence-corrected chi connectivity index (χ4v) is 4.74. The van der Waals surface area contributed by atoms with Crippen LogP contribution >= 0.6 is 12.4 Å². The highest BCUT2D eigenvalue weighted by Gasteiger charge is 2.43. The Morgan fingerprint density at radius 2 is 1.92 bits per heavy atom. The molecule has 0 bridgehead atoms. The molecule has 1 N–H and O–H groups in total. The minimum absolute atomic E-state index is 0. The van der Waals surface area contributed by atoms with Gasteiger partial charge in [0.15, 0.2) is 11.6 Å². The average molecular weight is 387 g/mol. The Kier molecular flexibility index (Phi) is 6.00. The lowest BCUT2D eigenvalue weighted by atomic mass is 10.2. The van der Waals surface area contributed by atoms with Gasteiger partial charge in [-0.2, -0.15) is 13.1 Å². The zero-order chi connectivity index (χ0) is 16.6. The summed E-state index contributed by atoms with van der Waals surface area (Å²) in [7, 11) is -3.88. The van der Waals surface area contributed by atoms with E-state index in [1.54, 1.807) is 0 Å². The standard InChI is InChI=1S/C14H17F3N2O3S.ClH/c15-12-7-11(3-4-13(12)22-14(16)17)23(20,21)19(9-1-2-9)10-5-6-18-8-10;/h3-4,7,9-10,14,18H,1-2,5-6,8H2;1H. The number of hydrogen-bond donors (Lipinski definition) is 1. The van der Waals surface area contributed by atoms with Crippen molar-refractivity contribution in [2.75, 3.05) is 13.1 Å². The van der Waals surface area contributed by atoms with Gasteiger partial charge in [-0.3, -0.25) is 0 Å². The van der Waals surface area contributed by atoms with E-state index in [-0.39, 0.29) is 29.4 Å². The second-order valence-corrected chi connectivity index (χ2v) is 7.53. The number of ether oxygens (including phenoxy) is 1. The zero-order valence-electron chi connectivity index (χ0n) is 12.6. The second kappa shape index (κ2) is 7.47. The fraction of sp³-hybridized carbons (Fsp3) is 0.571. The highest BCUT2D eigenvalue weighted by molar-refractivity contribution is 7.89. The van der Waals surface area contributed by atoms with Gasteiger partial charge in [0.05, 0.1) is 4.90 Å². The van der Waals surface area contributed by atoms with Crippen molar-refractivity contribution in [2.24, 2.45) is 0 Å². The highest BCUT2D eigenvalue weighted by atomic mass is 35.5. The molecule has 0 spiro atoms. The molecule has 1 aromatic rings. The van der Waals surface area contributed by atoms with E-state index in [9.17, 15) is 21.6 Å². The monoisotopic (exact) mass is 386 g/mol. The lowest BCUT2D eigenvalue weighted by Gasteiger charge is -2.27. The van der Waals surface area contributed by atoms with E-state index < -0.39 is 28.2 Å². The molecular formula is C14H18ClF3N2O3S. The molecule has 0 radical (unpaired) electrons. The van der Waals surface area contributed by atoms with Crippen molar-refractivity contribution in [3.63, 3.8) is 0 Å². The molecule has 1 aromatic carbocycles. The Balaban J connectivity index is 0.00000208. The third-order valence-electron chi connectivity index (χ3n) is 4.00. The van der Waals surface area contributed by atoms with Crippen LogP contribution in [0.25, 0.3) is 0 Å². The molecule has 1 saturated carbocycles. The molecule has 24 heavy (non-hydrogen) atoms. The van der Waals surface area contributed by atoms with Gasteiger partial charge in [0.25, 0.3) is 0 Å².